The summed E-state index contributed by atoms with van der Waals surface area (Å²) in [5, 5.41) is 14.4. The Hall–Kier alpha value is -2.77. The molecule has 3 aromatic rings. The van der Waals surface area contributed by atoms with Crippen molar-refractivity contribution >= 4 is 38.9 Å². The van der Waals surface area contributed by atoms with Gasteiger partial charge in [0.15, 0.2) is 0 Å². The maximum absolute atomic E-state index is 12.4. The summed E-state index contributed by atoms with van der Waals surface area (Å²) in [5.41, 5.74) is 1.49. The Morgan fingerprint density at radius 2 is 2.00 bits per heavy atom. The lowest BCUT2D eigenvalue weighted by Gasteiger charge is -2.05. The third kappa shape index (κ3) is 5.87. The van der Waals surface area contributed by atoms with E-state index in [0.717, 1.165) is 5.56 Å². The summed E-state index contributed by atoms with van der Waals surface area (Å²) in [4.78, 5) is 16.4. The number of halogens is 1. The van der Waals surface area contributed by atoms with Gasteiger partial charge in [-0.05, 0) is 42.3 Å². The van der Waals surface area contributed by atoms with Gasteiger partial charge in [-0.15, -0.1) is 11.3 Å². The number of thiazole rings is 1. The molecule has 0 aliphatic carbocycles. The van der Waals surface area contributed by atoms with Crippen LogP contribution in [0.1, 0.15) is 26.6 Å². The number of benzene rings is 2. The fraction of sp³-hybridized carbons (Fsp3) is 0.150. The van der Waals surface area contributed by atoms with Gasteiger partial charge in [0, 0.05) is 16.9 Å². The van der Waals surface area contributed by atoms with E-state index in [-0.39, 0.29) is 28.6 Å². The fourth-order valence-electron chi connectivity index (χ4n) is 2.57. The number of nitriles is 1. The Kier molecular flexibility index (Phi) is 7.18. The zero-order valence-corrected chi connectivity index (χ0v) is 18.0. The molecule has 2 aromatic carbocycles. The SMILES string of the molecule is N#Cc1cccc(S(=O)(=O)NCc2nc(C(=O)NCCc3cccc(Cl)c3)cs2)c1. The molecule has 0 aliphatic rings. The lowest BCUT2D eigenvalue weighted by molar-refractivity contribution is 0.0949. The topological polar surface area (TPSA) is 112 Å². The van der Waals surface area contributed by atoms with Crippen LogP contribution in [0, 0.1) is 11.3 Å². The zero-order chi connectivity index (χ0) is 21.6. The normalized spacial score (nSPS) is 11.1. The van der Waals surface area contributed by atoms with Crippen molar-refractivity contribution in [1.82, 2.24) is 15.0 Å². The van der Waals surface area contributed by atoms with Crippen LogP contribution in [0.15, 0.2) is 58.8 Å². The van der Waals surface area contributed by atoms with Gasteiger partial charge < -0.3 is 5.32 Å². The lowest BCUT2D eigenvalue weighted by atomic mass is 10.1. The molecule has 7 nitrogen and oxygen atoms in total. The van der Waals surface area contributed by atoms with Crippen molar-refractivity contribution in [3.05, 3.63) is 80.8 Å². The van der Waals surface area contributed by atoms with Crippen LogP contribution >= 0.6 is 22.9 Å². The van der Waals surface area contributed by atoms with Crippen LogP contribution in [-0.4, -0.2) is 25.9 Å². The molecule has 10 heteroatoms. The van der Waals surface area contributed by atoms with Crippen molar-refractivity contribution in [1.29, 1.82) is 5.26 Å². The third-order valence-electron chi connectivity index (χ3n) is 4.06. The fourth-order valence-corrected chi connectivity index (χ4v) is 4.62. The maximum atomic E-state index is 12.4. The molecule has 1 aromatic heterocycles. The number of nitrogens with one attached hydrogen (secondary N) is 2. The average Bonchev–Trinajstić information content (AvgIpc) is 3.22. The molecule has 0 saturated carbocycles. The Bertz CT molecular complexity index is 1200. The molecule has 0 aliphatic heterocycles. The molecule has 0 fully saturated rings. The molecule has 3 rings (SSSR count). The minimum Gasteiger partial charge on any atom is -0.350 e. The van der Waals surface area contributed by atoms with E-state index in [0.29, 0.717) is 23.0 Å². The third-order valence-corrected chi connectivity index (χ3v) is 6.54. The van der Waals surface area contributed by atoms with E-state index >= 15 is 0 Å². The van der Waals surface area contributed by atoms with Crippen LogP contribution in [0.2, 0.25) is 5.02 Å². The summed E-state index contributed by atoms with van der Waals surface area (Å²) >= 11 is 7.13. The van der Waals surface area contributed by atoms with Gasteiger partial charge in [-0.2, -0.15) is 5.26 Å². The Balaban J connectivity index is 1.54. The van der Waals surface area contributed by atoms with E-state index in [1.807, 2.05) is 24.3 Å². The van der Waals surface area contributed by atoms with E-state index in [2.05, 4.69) is 15.0 Å². The molecule has 0 spiro atoms. The highest BCUT2D eigenvalue weighted by molar-refractivity contribution is 7.89. The number of nitrogens with zero attached hydrogens (tertiary/aromatic N) is 2. The molecule has 0 bridgehead atoms. The number of rotatable bonds is 8. The second-order valence-corrected chi connectivity index (χ2v) is 9.37. The molecule has 0 unspecified atom stereocenters. The number of carbonyl (C=O) groups is 1. The standard InChI is InChI=1S/C20H17ClN4O3S2/c21-16-5-1-3-14(9-16)7-8-23-20(26)18-13-29-19(25-18)12-24-30(27,28)17-6-2-4-15(10-17)11-22/h1-6,9-10,13,24H,7-8,12H2,(H,23,26). The molecule has 154 valence electrons. The van der Waals surface area contributed by atoms with Crippen LogP contribution in [-0.2, 0) is 23.0 Å². The van der Waals surface area contributed by atoms with Crippen molar-refractivity contribution in [2.24, 2.45) is 0 Å². The number of aromatic nitrogens is 1. The van der Waals surface area contributed by atoms with Gasteiger partial charge in [-0.3, -0.25) is 4.79 Å². The summed E-state index contributed by atoms with van der Waals surface area (Å²) in [6.07, 6.45) is 0.630. The van der Waals surface area contributed by atoms with E-state index in [1.54, 1.807) is 11.4 Å². The van der Waals surface area contributed by atoms with Crippen LogP contribution < -0.4 is 10.0 Å². The van der Waals surface area contributed by atoms with Crippen molar-refractivity contribution in [3.63, 3.8) is 0 Å². The average molecular weight is 461 g/mol. The van der Waals surface area contributed by atoms with E-state index in [9.17, 15) is 13.2 Å². The second kappa shape index (κ2) is 9.82. The van der Waals surface area contributed by atoms with Gasteiger partial charge in [0.2, 0.25) is 10.0 Å². The molecule has 30 heavy (non-hydrogen) atoms. The van der Waals surface area contributed by atoms with E-state index < -0.39 is 10.0 Å². The quantitative estimate of drug-likeness (QED) is 0.536. The van der Waals surface area contributed by atoms with Gasteiger partial charge in [0.05, 0.1) is 23.1 Å². The zero-order valence-electron chi connectivity index (χ0n) is 15.6. The highest BCUT2D eigenvalue weighted by Gasteiger charge is 2.16. The van der Waals surface area contributed by atoms with Crippen LogP contribution in [0.3, 0.4) is 0 Å². The summed E-state index contributed by atoms with van der Waals surface area (Å²) in [5.74, 6) is -0.330. The molecule has 1 amide bonds. The first kappa shape index (κ1) is 21.9. The molecule has 2 N–H and O–H groups in total. The van der Waals surface area contributed by atoms with Crippen molar-refractivity contribution in [3.8, 4) is 6.07 Å². The largest absolute Gasteiger partial charge is 0.350 e. The number of amides is 1. The summed E-state index contributed by atoms with van der Waals surface area (Å²) in [6.45, 7) is 0.369. The van der Waals surface area contributed by atoms with Crippen molar-refractivity contribution in [2.75, 3.05) is 6.54 Å². The maximum Gasteiger partial charge on any atom is 0.270 e. The van der Waals surface area contributed by atoms with E-state index in [1.165, 1.54) is 35.6 Å². The Morgan fingerprint density at radius 1 is 1.20 bits per heavy atom. The van der Waals surface area contributed by atoms with Gasteiger partial charge in [-0.25, -0.2) is 18.1 Å². The first-order valence-corrected chi connectivity index (χ1v) is 11.6. The highest BCUT2D eigenvalue weighted by atomic mass is 35.5. The number of sulfonamides is 1. The summed E-state index contributed by atoms with van der Waals surface area (Å²) < 4.78 is 27.2. The highest BCUT2D eigenvalue weighted by Crippen LogP contribution is 2.14. The Labute approximate surface area is 183 Å². The van der Waals surface area contributed by atoms with Gasteiger partial charge in [0.25, 0.3) is 5.91 Å². The van der Waals surface area contributed by atoms with Crippen LogP contribution in [0.4, 0.5) is 0 Å². The lowest BCUT2D eigenvalue weighted by Crippen LogP contribution is -2.26. The minimum absolute atomic E-state index is 0.00270. The summed E-state index contributed by atoms with van der Waals surface area (Å²) in [6, 6.07) is 15.0. The minimum atomic E-state index is -3.80. The van der Waals surface area contributed by atoms with Crippen LogP contribution in [0.5, 0.6) is 0 Å². The number of hydrogen-bond acceptors (Lipinski definition) is 6. The van der Waals surface area contributed by atoms with Crippen LogP contribution in [0.25, 0.3) is 0 Å². The predicted octanol–water partition coefficient (Wildman–Crippen LogP) is 3.12. The smallest absolute Gasteiger partial charge is 0.270 e. The number of carbonyl (C=O) groups excluding carboxylic acids is 1. The van der Waals surface area contributed by atoms with E-state index in [4.69, 9.17) is 16.9 Å². The molecule has 0 atom stereocenters. The molecule has 0 saturated heterocycles. The molecular weight excluding hydrogens is 444 g/mol. The second-order valence-electron chi connectivity index (χ2n) is 6.23. The summed E-state index contributed by atoms with van der Waals surface area (Å²) in [7, 11) is -3.80. The number of hydrogen-bond donors (Lipinski definition) is 2. The van der Waals surface area contributed by atoms with Crippen molar-refractivity contribution < 1.29 is 13.2 Å². The first-order chi connectivity index (χ1) is 14.4. The van der Waals surface area contributed by atoms with Gasteiger partial charge >= 0.3 is 0 Å². The predicted molar refractivity (Wildman–Crippen MR) is 115 cm³/mol. The van der Waals surface area contributed by atoms with Gasteiger partial charge in [-0.1, -0.05) is 29.8 Å². The molecular formula is C20H17ClN4O3S2. The Morgan fingerprint density at radius 3 is 2.77 bits per heavy atom. The van der Waals surface area contributed by atoms with Crippen molar-refractivity contribution in [2.45, 2.75) is 17.9 Å². The first-order valence-electron chi connectivity index (χ1n) is 8.84. The molecule has 1 heterocycles. The molecule has 0 radical (unpaired) electrons. The van der Waals surface area contributed by atoms with Gasteiger partial charge in [0.1, 0.15) is 10.7 Å². The monoisotopic (exact) mass is 460 g/mol.